The van der Waals surface area contributed by atoms with Crippen LogP contribution < -0.4 is 0 Å². The van der Waals surface area contributed by atoms with Crippen molar-refractivity contribution in [3.63, 3.8) is 0 Å². The Morgan fingerprint density at radius 1 is 0.483 bits per heavy atom. The van der Waals surface area contributed by atoms with Gasteiger partial charge in [-0.3, -0.25) is 0 Å². The molecule has 0 heterocycles. The van der Waals surface area contributed by atoms with Gasteiger partial charge in [0.05, 0.1) is 0 Å². The van der Waals surface area contributed by atoms with Crippen molar-refractivity contribution in [2.24, 2.45) is 0 Å². The number of aryl methyl sites for hydroxylation is 1. The molecular weight excluding hydrogens is 369 g/mol. The second-order valence-electron chi connectivity index (χ2n) is 6.96. The zero-order valence-electron chi connectivity index (χ0n) is 15.9. The van der Waals surface area contributed by atoms with Gasteiger partial charge in [-0.1, -0.05) is 79.7 Å². The minimum Gasteiger partial charge on any atom is -0.204 e. The first-order chi connectivity index (χ1) is 14.0. The molecule has 3 heteroatoms. The largest absolute Gasteiger partial charge is 0.204 e. The van der Waals surface area contributed by atoms with Crippen LogP contribution >= 0.6 is 0 Å². The highest BCUT2D eigenvalue weighted by Gasteiger charge is 2.11. The molecule has 4 aromatic carbocycles. The Labute approximate surface area is 168 Å². The van der Waals surface area contributed by atoms with Crippen LogP contribution in [0.4, 0.5) is 13.2 Å². The number of benzene rings is 4. The van der Waals surface area contributed by atoms with Crippen molar-refractivity contribution < 1.29 is 13.2 Å². The van der Waals surface area contributed by atoms with E-state index >= 15 is 0 Å². The van der Waals surface area contributed by atoms with E-state index in [0.717, 1.165) is 35.2 Å². The third-order valence-electron chi connectivity index (χ3n) is 5.12. The minimum atomic E-state index is -1.45. The van der Waals surface area contributed by atoms with E-state index in [1.54, 1.807) is 12.1 Å². The fourth-order valence-electron chi connectivity index (χ4n) is 3.37. The molecular formula is C26H19F3. The molecule has 0 nitrogen and oxygen atoms in total. The van der Waals surface area contributed by atoms with E-state index < -0.39 is 17.5 Å². The maximum Gasteiger partial charge on any atom is 0.194 e. The fourth-order valence-corrected chi connectivity index (χ4v) is 3.37. The molecule has 144 valence electrons. The molecule has 0 amide bonds. The van der Waals surface area contributed by atoms with Gasteiger partial charge >= 0.3 is 0 Å². The molecule has 29 heavy (non-hydrogen) atoms. The van der Waals surface area contributed by atoms with Crippen molar-refractivity contribution in [1.82, 2.24) is 0 Å². The third-order valence-corrected chi connectivity index (χ3v) is 5.12. The Kier molecular flexibility index (Phi) is 5.22. The minimum absolute atomic E-state index is 0.304. The molecule has 0 radical (unpaired) electrons. The molecule has 0 aromatic heterocycles. The van der Waals surface area contributed by atoms with Crippen molar-refractivity contribution in [2.75, 3.05) is 0 Å². The molecule has 0 unspecified atom stereocenters. The van der Waals surface area contributed by atoms with E-state index in [1.807, 2.05) is 12.1 Å². The van der Waals surface area contributed by atoms with E-state index in [1.165, 1.54) is 11.1 Å². The van der Waals surface area contributed by atoms with E-state index in [-0.39, 0.29) is 0 Å². The maximum atomic E-state index is 13.5. The molecule has 0 aliphatic carbocycles. The Morgan fingerprint density at radius 3 is 1.14 bits per heavy atom. The summed E-state index contributed by atoms with van der Waals surface area (Å²) < 4.78 is 40.1. The molecule has 0 spiro atoms. The number of halogens is 3. The summed E-state index contributed by atoms with van der Waals surface area (Å²) in [6, 6.07) is 26.1. The quantitative estimate of drug-likeness (QED) is 0.315. The normalized spacial score (nSPS) is 10.9. The molecule has 4 rings (SSSR count). The highest BCUT2D eigenvalue weighted by atomic mass is 19.2. The van der Waals surface area contributed by atoms with Gasteiger partial charge in [-0.2, -0.15) is 0 Å². The summed E-state index contributed by atoms with van der Waals surface area (Å²) in [5.41, 5.74) is 6.59. The number of hydrogen-bond donors (Lipinski definition) is 0. The molecule has 0 saturated carbocycles. The first-order valence-corrected chi connectivity index (χ1v) is 9.50. The van der Waals surface area contributed by atoms with Crippen molar-refractivity contribution in [3.05, 3.63) is 108 Å². The van der Waals surface area contributed by atoms with Crippen LogP contribution in [0.3, 0.4) is 0 Å². The summed E-state index contributed by atoms with van der Waals surface area (Å²) >= 11 is 0. The van der Waals surface area contributed by atoms with Crippen LogP contribution in [0.2, 0.25) is 0 Å². The second kappa shape index (κ2) is 7.96. The van der Waals surface area contributed by atoms with Gasteiger partial charge in [0.2, 0.25) is 0 Å². The summed E-state index contributed by atoms with van der Waals surface area (Å²) in [6.45, 7) is 2.14. The lowest BCUT2D eigenvalue weighted by Gasteiger charge is -2.08. The smallest absolute Gasteiger partial charge is 0.194 e. The standard InChI is InChI=1S/C26H19F3/c1-2-17-3-5-18(6-4-17)19-7-9-20(10-8-19)21-11-13-22(14-12-21)23-15-24(27)26(29)25(28)16-23/h3-16H,2H2,1H3. The maximum absolute atomic E-state index is 13.5. The highest BCUT2D eigenvalue weighted by molar-refractivity contribution is 5.73. The van der Waals surface area contributed by atoms with Crippen LogP contribution in [0.1, 0.15) is 12.5 Å². The second-order valence-corrected chi connectivity index (χ2v) is 6.96. The average Bonchev–Trinajstić information content (AvgIpc) is 2.77. The Balaban J connectivity index is 1.57. The third kappa shape index (κ3) is 3.95. The lowest BCUT2D eigenvalue weighted by atomic mass is 9.97. The van der Waals surface area contributed by atoms with Crippen molar-refractivity contribution >= 4 is 0 Å². The monoisotopic (exact) mass is 388 g/mol. The van der Waals surface area contributed by atoms with E-state index in [9.17, 15) is 13.2 Å². The zero-order chi connectivity index (χ0) is 20.4. The van der Waals surface area contributed by atoms with Gasteiger partial charge in [-0.15, -0.1) is 0 Å². The number of hydrogen-bond acceptors (Lipinski definition) is 0. The van der Waals surface area contributed by atoms with E-state index in [0.29, 0.717) is 11.1 Å². The van der Waals surface area contributed by atoms with Crippen molar-refractivity contribution in [2.45, 2.75) is 13.3 Å². The molecule has 0 atom stereocenters. The van der Waals surface area contributed by atoms with Crippen LogP contribution in [0, 0.1) is 17.5 Å². The molecule has 0 saturated heterocycles. The van der Waals surface area contributed by atoms with Gasteiger partial charge < -0.3 is 0 Å². The average molecular weight is 388 g/mol. The lowest BCUT2D eigenvalue weighted by molar-refractivity contribution is 0.448. The molecule has 0 fully saturated rings. The molecule has 0 aliphatic heterocycles. The Morgan fingerprint density at radius 2 is 0.793 bits per heavy atom. The van der Waals surface area contributed by atoms with Crippen LogP contribution in [0.5, 0.6) is 0 Å². The number of rotatable bonds is 4. The van der Waals surface area contributed by atoms with Gasteiger partial charge in [0.15, 0.2) is 17.5 Å². The summed E-state index contributed by atoms with van der Waals surface area (Å²) in [5, 5.41) is 0. The van der Waals surface area contributed by atoms with Crippen LogP contribution in [-0.2, 0) is 6.42 Å². The fraction of sp³-hybridized carbons (Fsp3) is 0.0769. The molecule has 0 N–H and O–H groups in total. The van der Waals surface area contributed by atoms with Crippen LogP contribution in [0.15, 0.2) is 84.9 Å². The summed E-state index contributed by atoms with van der Waals surface area (Å²) in [4.78, 5) is 0. The van der Waals surface area contributed by atoms with Crippen LogP contribution in [0.25, 0.3) is 33.4 Å². The molecule has 0 aliphatic rings. The predicted octanol–water partition coefficient (Wildman–Crippen LogP) is 7.67. The van der Waals surface area contributed by atoms with Gasteiger partial charge in [0.25, 0.3) is 0 Å². The molecule has 0 bridgehead atoms. The van der Waals surface area contributed by atoms with Gasteiger partial charge in [-0.05, 0) is 57.5 Å². The summed E-state index contributed by atoms with van der Waals surface area (Å²) in [7, 11) is 0. The first-order valence-electron chi connectivity index (χ1n) is 9.50. The Bertz CT molecular complexity index is 1100. The topological polar surface area (TPSA) is 0 Å². The summed E-state index contributed by atoms with van der Waals surface area (Å²) in [5.74, 6) is -3.83. The van der Waals surface area contributed by atoms with Crippen molar-refractivity contribution in [3.8, 4) is 33.4 Å². The van der Waals surface area contributed by atoms with Crippen molar-refractivity contribution in [1.29, 1.82) is 0 Å². The van der Waals surface area contributed by atoms with E-state index in [2.05, 4.69) is 55.5 Å². The highest BCUT2D eigenvalue weighted by Crippen LogP contribution is 2.29. The SMILES string of the molecule is CCc1ccc(-c2ccc(-c3ccc(-c4cc(F)c(F)c(F)c4)cc3)cc2)cc1. The van der Waals surface area contributed by atoms with Gasteiger partial charge in [0.1, 0.15) is 0 Å². The van der Waals surface area contributed by atoms with Gasteiger partial charge in [0, 0.05) is 0 Å². The first kappa shape index (κ1) is 19.0. The Hall–Kier alpha value is -3.33. The summed E-state index contributed by atoms with van der Waals surface area (Å²) in [6.07, 6.45) is 1.02. The lowest BCUT2D eigenvalue weighted by Crippen LogP contribution is -1.91. The predicted molar refractivity (Wildman–Crippen MR) is 112 cm³/mol. The molecule has 4 aromatic rings. The van der Waals surface area contributed by atoms with E-state index in [4.69, 9.17) is 0 Å². The van der Waals surface area contributed by atoms with Gasteiger partial charge in [-0.25, -0.2) is 13.2 Å². The van der Waals surface area contributed by atoms with Crippen LogP contribution in [-0.4, -0.2) is 0 Å². The zero-order valence-corrected chi connectivity index (χ0v) is 15.9.